The predicted molar refractivity (Wildman–Crippen MR) is 75.9 cm³/mol. The van der Waals surface area contributed by atoms with Crippen molar-refractivity contribution >= 4 is 12.0 Å². The number of likely N-dealkylation sites (tertiary alicyclic amines) is 1. The summed E-state index contributed by atoms with van der Waals surface area (Å²) in [5, 5.41) is 12.1. The third kappa shape index (κ3) is 2.14. The Labute approximate surface area is 127 Å². The summed E-state index contributed by atoms with van der Waals surface area (Å²) in [6.07, 6.45) is 1.17. The normalized spacial score (nSPS) is 35.0. The molecule has 3 aliphatic rings. The van der Waals surface area contributed by atoms with Crippen molar-refractivity contribution in [3.05, 3.63) is 35.6 Å². The first-order valence-electron chi connectivity index (χ1n) is 7.62. The zero-order valence-electron chi connectivity index (χ0n) is 11.9. The molecule has 0 unspecified atom stereocenters. The monoisotopic (exact) mass is 304 g/mol. The van der Waals surface area contributed by atoms with Gasteiger partial charge in [-0.2, -0.15) is 0 Å². The van der Waals surface area contributed by atoms with E-state index in [1.165, 1.54) is 11.0 Å². The number of carboxylic acid groups (broad SMARTS) is 1. The maximum absolute atomic E-state index is 13.7. The van der Waals surface area contributed by atoms with Gasteiger partial charge in [0.2, 0.25) is 5.91 Å². The van der Waals surface area contributed by atoms with Crippen LogP contribution in [0.25, 0.3) is 0 Å². The molecule has 5 atom stereocenters. The number of fused-ring (bicyclic) bond motifs is 1. The summed E-state index contributed by atoms with van der Waals surface area (Å²) in [6, 6.07) is 5.94. The van der Waals surface area contributed by atoms with Crippen LogP contribution in [-0.2, 0) is 4.79 Å². The van der Waals surface area contributed by atoms with Crippen LogP contribution in [0.3, 0.4) is 0 Å². The fourth-order valence-corrected chi connectivity index (χ4v) is 3.72. The summed E-state index contributed by atoms with van der Waals surface area (Å²) in [5.41, 5.74) is 0.622. The maximum Gasteiger partial charge on any atom is 0.408 e. The number of nitrogens with one attached hydrogen (secondary N) is 1. The molecule has 0 radical (unpaired) electrons. The van der Waals surface area contributed by atoms with Crippen molar-refractivity contribution in [1.82, 2.24) is 10.2 Å². The summed E-state index contributed by atoms with van der Waals surface area (Å²) in [4.78, 5) is 24.9. The van der Waals surface area contributed by atoms with E-state index < -0.39 is 12.1 Å². The number of hydrogen-bond donors (Lipinski definition) is 2. The van der Waals surface area contributed by atoms with Crippen molar-refractivity contribution in [1.29, 1.82) is 0 Å². The van der Waals surface area contributed by atoms with Crippen LogP contribution in [0.5, 0.6) is 0 Å². The highest BCUT2D eigenvalue weighted by Gasteiger charge is 2.57. The van der Waals surface area contributed by atoms with Crippen molar-refractivity contribution in [2.45, 2.75) is 43.3 Å². The molecule has 2 N–H and O–H groups in total. The zero-order valence-corrected chi connectivity index (χ0v) is 11.9. The van der Waals surface area contributed by atoms with Gasteiger partial charge in [0, 0.05) is 18.0 Å². The SMILES string of the molecule is O=C(N[C@@H]1C[C@H]1c1ccccc1F)[C@@H]1C[C@H]2C[C@H]2N1C(=O)O. The molecule has 2 amide bonds. The molecule has 116 valence electrons. The zero-order chi connectivity index (χ0) is 15.4. The van der Waals surface area contributed by atoms with Crippen LogP contribution in [-0.4, -0.2) is 40.1 Å². The van der Waals surface area contributed by atoms with Crippen molar-refractivity contribution < 1.29 is 19.1 Å². The largest absolute Gasteiger partial charge is 0.465 e. The third-order valence-electron chi connectivity index (χ3n) is 5.05. The molecule has 22 heavy (non-hydrogen) atoms. The fourth-order valence-electron chi connectivity index (χ4n) is 3.72. The number of carbonyl (C=O) groups excluding carboxylic acids is 1. The van der Waals surface area contributed by atoms with Gasteiger partial charge in [0.1, 0.15) is 11.9 Å². The van der Waals surface area contributed by atoms with Crippen LogP contribution >= 0.6 is 0 Å². The first-order valence-corrected chi connectivity index (χ1v) is 7.62. The summed E-state index contributed by atoms with van der Waals surface area (Å²) in [6.45, 7) is 0. The summed E-state index contributed by atoms with van der Waals surface area (Å²) >= 11 is 0. The second kappa shape index (κ2) is 4.69. The van der Waals surface area contributed by atoms with E-state index in [2.05, 4.69) is 5.32 Å². The quantitative estimate of drug-likeness (QED) is 0.896. The van der Waals surface area contributed by atoms with Crippen molar-refractivity contribution in [3.8, 4) is 0 Å². The van der Waals surface area contributed by atoms with E-state index in [1.54, 1.807) is 18.2 Å². The van der Waals surface area contributed by atoms with Crippen molar-refractivity contribution in [2.75, 3.05) is 0 Å². The van der Waals surface area contributed by atoms with Gasteiger partial charge in [0.25, 0.3) is 0 Å². The van der Waals surface area contributed by atoms with E-state index in [9.17, 15) is 19.1 Å². The lowest BCUT2D eigenvalue weighted by atomic mass is 10.1. The second-order valence-electron chi connectivity index (χ2n) is 6.48. The maximum atomic E-state index is 13.7. The summed E-state index contributed by atoms with van der Waals surface area (Å²) in [5.74, 6) is -0.148. The van der Waals surface area contributed by atoms with Gasteiger partial charge in [-0.1, -0.05) is 18.2 Å². The third-order valence-corrected chi connectivity index (χ3v) is 5.05. The molecular formula is C16H17FN2O3. The van der Waals surface area contributed by atoms with E-state index in [0.717, 1.165) is 6.42 Å². The second-order valence-corrected chi connectivity index (χ2v) is 6.48. The Kier molecular flexibility index (Phi) is 2.89. The molecule has 3 fully saturated rings. The van der Waals surface area contributed by atoms with E-state index in [1.807, 2.05) is 0 Å². The van der Waals surface area contributed by atoms with Crippen molar-refractivity contribution in [3.63, 3.8) is 0 Å². The van der Waals surface area contributed by atoms with E-state index in [0.29, 0.717) is 24.3 Å². The van der Waals surface area contributed by atoms with Gasteiger partial charge in [0.05, 0.1) is 0 Å². The average Bonchev–Trinajstić information content (AvgIpc) is 3.38. The number of rotatable bonds is 3. The van der Waals surface area contributed by atoms with Gasteiger partial charge < -0.3 is 10.4 Å². The number of piperidine rings is 1. The molecule has 6 heteroatoms. The van der Waals surface area contributed by atoms with Gasteiger partial charge in [-0.05, 0) is 36.8 Å². The highest BCUT2D eigenvalue weighted by atomic mass is 19.1. The topological polar surface area (TPSA) is 69.6 Å². The van der Waals surface area contributed by atoms with Crippen LogP contribution in [0, 0.1) is 11.7 Å². The lowest BCUT2D eigenvalue weighted by Gasteiger charge is -2.23. The standard InChI is InChI=1S/C16H17FN2O3/c17-11-4-2-1-3-9(11)10-7-12(10)18-15(20)14-6-8-5-13(8)19(14)16(21)22/h1-4,8,10,12-14H,5-7H2,(H,18,20)(H,21,22)/t8-,10+,12-,13-,14+/m1/s1. The van der Waals surface area contributed by atoms with Gasteiger partial charge in [0.15, 0.2) is 0 Å². The van der Waals surface area contributed by atoms with Gasteiger partial charge in [-0.15, -0.1) is 0 Å². The number of benzene rings is 1. The van der Waals surface area contributed by atoms with E-state index in [4.69, 9.17) is 0 Å². The number of hydrogen-bond acceptors (Lipinski definition) is 2. The highest BCUT2D eigenvalue weighted by Crippen LogP contribution is 2.48. The van der Waals surface area contributed by atoms with Crippen LogP contribution in [0.2, 0.25) is 0 Å². The van der Waals surface area contributed by atoms with Gasteiger partial charge in [-0.3, -0.25) is 9.69 Å². The molecule has 1 aromatic rings. The molecule has 0 aromatic heterocycles. The van der Waals surface area contributed by atoms with Crippen molar-refractivity contribution in [2.24, 2.45) is 5.92 Å². The van der Waals surface area contributed by atoms with Crippen LogP contribution in [0.4, 0.5) is 9.18 Å². The van der Waals surface area contributed by atoms with E-state index in [-0.39, 0.29) is 29.7 Å². The number of nitrogens with zero attached hydrogens (tertiary/aromatic N) is 1. The Hall–Kier alpha value is -2.11. The number of halogens is 1. The molecule has 2 saturated carbocycles. The van der Waals surface area contributed by atoms with Crippen LogP contribution < -0.4 is 5.32 Å². The minimum atomic E-state index is -1.02. The molecule has 1 heterocycles. The summed E-state index contributed by atoms with van der Waals surface area (Å²) in [7, 11) is 0. The van der Waals surface area contributed by atoms with Gasteiger partial charge >= 0.3 is 6.09 Å². The van der Waals surface area contributed by atoms with Crippen LogP contribution in [0.1, 0.15) is 30.7 Å². The first kappa shape index (κ1) is 13.5. The molecular weight excluding hydrogens is 287 g/mol. The van der Waals surface area contributed by atoms with Gasteiger partial charge in [-0.25, -0.2) is 9.18 Å². The minimum absolute atomic E-state index is 0.000587. The highest BCUT2D eigenvalue weighted by molar-refractivity contribution is 5.87. The van der Waals surface area contributed by atoms with E-state index >= 15 is 0 Å². The molecule has 5 nitrogen and oxygen atoms in total. The predicted octanol–water partition coefficient (Wildman–Crippen LogP) is 1.94. The molecule has 1 aromatic carbocycles. The molecule has 0 spiro atoms. The lowest BCUT2D eigenvalue weighted by molar-refractivity contribution is -0.125. The first-order chi connectivity index (χ1) is 10.6. The Morgan fingerprint density at radius 1 is 1.23 bits per heavy atom. The Morgan fingerprint density at radius 2 is 2.00 bits per heavy atom. The molecule has 0 bridgehead atoms. The van der Waals surface area contributed by atoms with Crippen LogP contribution in [0.15, 0.2) is 24.3 Å². The Morgan fingerprint density at radius 3 is 2.73 bits per heavy atom. The minimum Gasteiger partial charge on any atom is -0.465 e. The molecule has 2 aliphatic carbocycles. The lowest BCUT2D eigenvalue weighted by Crippen LogP contribution is -2.48. The number of carbonyl (C=O) groups is 2. The Bertz CT molecular complexity index is 650. The number of amides is 2. The summed E-state index contributed by atoms with van der Waals surface area (Å²) < 4.78 is 13.7. The molecule has 4 rings (SSSR count). The molecule has 1 aliphatic heterocycles. The fraction of sp³-hybridized carbons (Fsp3) is 0.500. The molecule has 1 saturated heterocycles. The average molecular weight is 304 g/mol. The Balaban J connectivity index is 1.40. The smallest absolute Gasteiger partial charge is 0.408 e.